The van der Waals surface area contributed by atoms with Gasteiger partial charge in [0.25, 0.3) is 0 Å². The van der Waals surface area contributed by atoms with Crippen LogP contribution in [0.1, 0.15) is 5.82 Å². The Bertz CT molecular complexity index is 482. The molecular formula is C9H14N6O. The fraction of sp³-hybridized carbons (Fsp3) is 0.444. The van der Waals surface area contributed by atoms with Crippen molar-refractivity contribution < 1.29 is 4.84 Å². The summed E-state index contributed by atoms with van der Waals surface area (Å²) in [4.78, 5) is 20.4. The highest BCUT2D eigenvalue weighted by atomic mass is 16.7. The Hall–Kier alpha value is -1.73. The summed E-state index contributed by atoms with van der Waals surface area (Å²) in [6.45, 7) is 0.704. The average molecular weight is 222 g/mol. The minimum absolute atomic E-state index is 0.404. The molecule has 7 heteroatoms. The summed E-state index contributed by atoms with van der Waals surface area (Å²) in [7, 11) is 3.46. The van der Waals surface area contributed by atoms with Gasteiger partial charge in [-0.05, 0) is 0 Å². The van der Waals surface area contributed by atoms with Gasteiger partial charge in [-0.25, -0.2) is 15.0 Å². The zero-order chi connectivity index (χ0) is 11.5. The van der Waals surface area contributed by atoms with E-state index in [-0.39, 0.29) is 0 Å². The third kappa shape index (κ3) is 2.10. The Kier molecular flexibility index (Phi) is 2.97. The van der Waals surface area contributed by atoms with Crippen LogP contribution in [0.4, 0.5) is 5.82 Å². The van der Waals surface area contributed by atoms with Crippen LogP contribution < -0.4 is 5.73 Å². The molecule has 0 saturated carbocycles. The largest absolute Gasteiger partial charge is 0.382 e. The molecular weight excluding hydrogens is 208 g/mol. The first-order valence-electron chi connectivity index (χ1n) is 4.91. The van der Waals surface area contributed by atoms with Crippen molar-refractivity contribution >= 4 is 17.0 Å². The second kappa shape index (κ2) is 4.42. The number of aromatic amines is 1. The van der Waals surface area contributed by atoms with Crippen molar-refractivity contribution in [3.63, 3.8) is 0 Å². The van der Waals surface area contributed by atoms with Crippen molar-refractivity contribution in [3.8, 4) is 0 Å². The van der Waals surface area contributed by atoms with Crippen LogP contribution in [0.2, 0.25) is 0 Å². The van der Waals surface area contributed by atoms with Gasteiger partial charge in [0.05, 0.1) is 13.4 Å². The first kappa shape index (κ1) is 10.8. The van der Waals surface area contributed by atoms with Crippen LogP contribution in [0.25, 0.3) is 11.2 Å². The van der Waals surface area contributed by atoms with Crippen LogP contribution in [0.15, 0.2) is 6.33 Å². The molecule has 0 aromatic carbocycles. The van der Waals surface area contributed by atoms with Crippen molar-refractivity contribution in [2.75, 3.05) is 26.4 Å². The summed E-state index contributed by atoms with van der Waals surface area (Å²) in [6.07, 6.45) is 2.23. The zero-order valence-corrected chi connectivity index (χ0v) is 9.27. The van der Waals surface area contributed by atoms with Gasteiger partial charge in [-0.3, -0.25) is 0 Å². The minimum Gasteiger partial charge on any atom is -0.382 e. The Balaban J connectivity index is 2.18. The van der Waals surface area contributed by atoms with Crippen LogP contribution in [-0.4, -0.2) is 45.7 Å². The zero-order valence-electron chi connectivity index (χ0n) is 9.27. The lowest BCUT2D eigenvalue weighted by Gasteiger charge is -2.12. The average Bonchev–Trinajstić information content (AvgIpc) is 2.74. The van der Waals surface area contributed by atoms with E-state index in [1.165, 1.54) is 0 Å². The Labute approximate surface area is 92.6 Å². The lowest BCUT2D eigenvalue weighted by Crippen LogP contribution is -2.20. The molecule has 0 aliphatic carbocycles. The maximum absolute atomic E-state index is 5.76. The number of nitrogen functional groups attached to an aromatic ring is 1. The van der Waals surface area contributed by atoms with E-state index < -0.39 is 0 Å². The summed E-state index contributed by atoms with van der Waals surface area (Å²) < 4.78 is 0. The molecule has 0 radical (unpaired) electrons. The van der Waals surface area contributed by atoms with Crippen LogP contribution in [-0.2, 0) is 11.3 Å². The number of hydrogen-bond donors (Lipinski definition) is 2. The van der Waals surface area contributed by atoms with Gasteiger partial charge in [0.1, 0.15) is 11.3 Å². The predicted molar refractivity (Wildman–Crippen MR) is 59.4 cm³/mol. The highest BCUT2D eigenvalue weighted by Gasteiger charge is 2.07. The number of likely N-dealkylation sites (N-methyl/N-ethyl adjacent to an activating group) is 1. The van der Waals surface area contributed by atoms with E-state index in [1.807, 2.05) is 7.05 Å². The van der Waals surface area contributed by atoms with Gasteiger partial charge in [-0.1, -0.05) is 0 Å². The van der Waals surface area contributed by atoms with Crippen molar-refractivity contribution in [1.29, 1.82) is 0 Å². The van der Waals surface area contributed by atoms with Gasteiger partial charge in [-0.2, -0.15) is 5.06 Å². The van der Waals surface area contributed by atoms with E-state index in [1.54, 1.807) is 18.5 Å². The molecule has 2 aromatic rings. The summed E-state index contributed by atoms with van der Waals surface area (Å²) >= 11 is 0. The van der Waals surface area contributed by atoms with Gasteiger partial charge < -0.3 is 15.6 Å². The highest BCUT2D eigenvalue weighted by Crippen LogP contribution is 2.12. The molecule has 7 nitrogen and oxygen atoms in total. The molecule has 0 atom stereocenters. The van der Waals surface area contributed by atoms with Gasteiger partial charge in [0.2, 0.25) is 0 Å². The third-order valence-electron chi connectivity index (χ3n) is 2.31. The Morgan fingerprint density at radius 2 is 2.31 bits per heavy atom. The fourth-order valence-electron chi connectivity index (χ4n) is 1.37. The molecule has 2 rings (SSSR count). The lowest BCUT2D eigenvalue weighted by atomic mass is 10.3. The number of nitrogens with one attached hydrogen (secondary N) is 1. The standard InChI is InChI=1S/C9H14N6O/c1-15(16-2)4-3-6-13-8(10)7-9(14-6)12-5-11-7/h5H,3-4H2,1-2H3,(H3,10,11,12,13,14). The SMILES string of the molecule is CON(C)CCc1nc(N)c2nc[nH]c2n1. The summed E-state index contributed by atoms with van der Waals surface area (Å²) in [6, 6.07) is 0. The number of anilines is 1. The topological polar surface area (TPSA) is 93.0 Å². The van der Waals surface area contributed by atoms with Crippen molar-refractivity contribution in [2.24, 2.45) is 0 Å². The number of nitrogens with zero attached hydrogens (tertiary/aromatic N) is 4. The predicted octanol–water partition coefficient (Wildman–Crippen LogP) is -0.0292. The molecule has 0 aliphatic heterocycles. The number of hydrogen-bond acceptors (Lipinski definition) is 6. The van der Waals surface area contributed by atoms with Crippen LogP contribution in [0, 0.1) is 0 Å². The highest BCUT2D eigenvalue weighted by molar-refractivity contribution is 5.80. The molecule has 2 heterocycles. The molecule has 0 spiro atoms. The summed E-state index contributed by atoms with van der Waals surface area (Å²) in [5.74, 6) is 1.08. The van der Waals surface area contributed by atoms with Crippen molar-refractivity contribution in [2.45, 2.75) is 6.42 Å². The number of nitrogens with two attached hydrogens (primary N) is 1. The van der Waals surface area contributed by atoms with Gasteiger partial charge in [0.15, 0.2) is 11.5 Å². The van der Waals surface area contributed by atoms with Gasteiger partial charge in [0, 0.05) is 20.0 Å². The van der Waals surface area contributed by atoms with E-state index >= 15 is 0 Å². The Morgan fingerprint density at radius 3 is 3.06 bits per heavy atom. The number of H-pyrrole nitrogens is 1. The van der Waals surface area contributed by atoms with E-state index in [2.05, 4.69) is 19.9 Å². The molecule has 0 fully saturated rings. The van der Waals surface area contributed by atoms with Gasteiger partial charge in [-0.15, -0.1) is 0 Å². The van der Waals surface area contributed by atoms with Crippen molar-refractivity contribution in [3.05, 3.63) is 12.2 Å². The molecule has 16 heavy (non-hydrogen) atoms. The number of aromatic nitrogens is 4. The Morgan fingerprint density at radius 1 is 1.50 bits per heavy atom. The molecule has 3 N–H and O–H groups in total. The molecule has 86 valence electrons. The lowest BCUT2D eigenvalue weighted by molar-refractivity contribution is -0.108. The molecule has 0 aliphatic rings. The first-order valence-corrected chi connectivity index (χ1v) is 4.91. The molecule has 0 bridgehead atoms. The van der Waals surface area contributed by atoms with Gasteiger partial charge >= 0.3 is 0 Å². The second-order valence-electron chi connectivity index (χ2n) is 3.41. The smallest absolute Gasteiger partial charge is 0.163 e. The normalized spacial score (nSPS) is 11.4. The first-order chi connectivity index (χ1) is 7.70. The number of hydroxylamine groups is 2. The molecule has 0 unspecified atom stereocenters. The maximum atomic E-state index is 5.76. The van der Waals surface area contributed by atoms with E-state index in [4.69, 9.17) is 10.6 Å². The van der Waals surface area contributed by atoms with Crippen LogP contribution in [0.3, 0.4) is 0 Å². The second-order valence-corrected chi connectivity index (χ2v) is 3.41. The van der Waals surface area contributed by atoms with E-state index in [0.29, 0.717) is 35.8 Å². The monoisotopic (exact) mass is 222 g/mol. The third-order valence-corrected chi connectivity index (χ3v) is 2.31. The number of rotatable bonds is 4. The van der Waals surface area contributed by atoms with E-state index in [9.17, 15) is 0 Å². The quantitative estimate of drug-likeness (QED) is 0.706. The van der Waals surface area contributed by atoms with Crippen LogP contribution in [0.5, 0.6) is 0 Å². The minimum atomic E-state index is 0.404. The number of fused-ring (bicyclic) bond motifs is 1. The van der Waals surface area contributed by atoms with E-state index in [0.717, 1.165) is 0 Å². The molecule has 0 saturated heterocycles. The van der Waals surface area contributed by atoms with Crippen LogP contribution >= 0.6 is 0 Å². The number of imidazole rings is 1. The summed E-state index contributed by atoms with van der Waals surface area (Å²) in [5.41, 5.74) is 7.05. The van der Waals surface area contributed by atoms with Crippen molar-refractivity contribution in [1.82, 2.24) is 25.0 Å². The molecule has 0 amide bonds. The maximum Gasteiger partial charge on any atom is 0.163 e. The summed E-state index contributed by atoms with van der Waals surface area (Å²) in [5, 5.41) is 1.71. The fourth-order valence-corrected chi connectivity index (χ4v) is 1.37. The molecule has 2 aromatic heterocycles.